The molecule has 16 heavy (non-hydrogen) atoms. The zero-order valence-electron chi connectivity index (χ0n) is 9.07. The lowest BCUT2D eigenvalue weighted by molar-refractivity contribution is -0.136. The van der Waals surface area contributed by atoms with Crippen LogP contribution in [0.25, 0.3) is 0 Å². The Balaban J connectivity index is 2.72. The van der Waals surface area contributed by atoms with Gasteiger partial charge in [-0.1, -0.05) is 15.9 Å². The van der Waals surface area contributed by atoms with Crippen LogP contribution in [0, 0.1) is 0 Å². The maximum absolute atomic E-state index is 10.7. The molecule has 0 bridgehead atoms. The number of methoxy groups -OCH3 is 1. The summed E-state index contributed by atoms with van der Waals surface area (Å²) in [6, 6.07) is 5.71. The van der Waals surface area contributed by atoms with Crippen molar-refractivity contribution >= 4 is 33.7 Å². The molecule has 0 saturated carbocycles. The molecule has 1 unspecified atom stereocenters. The molecule has 0 fully saturated rings. The highest BCUT2D eigenvalue weighted by Gasteiger charge is 2.12. The van der Waals surface area contributed by atoms with E-state index in [2.05, 4.69) is 15.9 Å². The Hall–Kier alpha value is -0.680. The van der Waals surface area contributed by atoms with E-state index in [1.165, 1.54) is 11.8 Å². The number of halogens is 1. The third-order valence-electron chi connectivity index (χ3n) is 2.08. The highest BCUT2D eigenvalue weighted by molar-refractivity contribution is 9.10. The first-order chi connectivity index (χ1) is 7.54. The van der Waals surface area contributed by atoms with E-state index in [-0.39, 0.29) is 0 Å². The summed E-state index contributed by atoms with van der Waals surface area (Å²) in [6.45, 7) is 1.68. The van der Waals surface area contributed by atoms with Crippen molar-refractivity contribution in [3.8, 4) is 5.75 Å². The fourth-order valence-electron chi connectivity index (χ4n) is 1.15. The molecule has 0 aliphatic heterocycles. The van der Waals surface area contributed by atoms with Crippen molar-refractivity contribution in [1.82, 2.24) is 0 Å². The maximum atomic E-state index is 10.7. The van der Waals surface area contributed by atoms with E-state index in [0.717, 1.165) is 15.8 Å². The lowest BCUT2D eigenvalue weighted by Gasteiger charge is -2.10. The van der Waals surface area contributed by atoms with Crippen LogP contribution >= 0.6 is 27.7 Å². The Morgan fingerprint density at radius 3 is 2.88 bits per heavy atom. The molecule has 3 nitrogen and oxygen atoms in total. The Morgan fingerprint density at radius 2 is 2.31 bits per heavy atom. The van der Waals surface area contributed by atoms with Crippen LogP contribution in [0.1, 0.15) is 12.5 Å². The number of benzene rings is 1. The van der Waals surface area contributed by atoms with Crippen molar-refractivity contribution in [2.24, 2.45) is 0 Å². The summed E-state index contributed by atoms with van der Waals surface area (Å²) in [7, 11) is 1.61. The van der Waals surface area contributed by atoms with Crippen molar-refractivity contribution in [3.05, 3.63) is 28.2 Å². The number of hydrogen-bond donors (Lipinski definition) is 1. The molecule has 0 aliphatic carbocycles. The zero-order chi connectivity index (χ0) is 12.1. The van der Waals surface area contributed by atoms with Crippen molar-refractivity contribution in [3.63, 3.8) is 0 Å². The quantitative estimate of drug-likeness (QED) is 0.907. The number of ether oxygens (including phenoxy) is 1. The first-order valence-electron chi connectivity index (χ1n) is 4.71. The van der Waals surface area contributed by atoms with E-state index in [0.29, 0.717) is 5.75 Å². The molecule has 1 rings (SSSR count). The summed E-state index contributed by atoms with van der Waals surface area (Å²) in [5.41, 5.74) is 0.995. The zero-order valence-corrected chi connectivity index (χ0v) is 11.5. The molecule has 0 spiro atoms. The summed E-state index contributed by atoms with van der Waals surface area (Å²) < 4.78 is 6.18. The van der Waals surface area contributed by atoms with E-state index >= 15 is 0 Å². The minimum Gasteiger partial charge on any atom is -0.496 e. The molecular formula is C11H13BrO3S. The Bertz CT molecular complexity index is 381. The first kappa shape index (κ1) is 13.4. The number of carboxylic acids is 1. The normalized spacial score (nSPS) is 12.2. The Morgan fingerprint density at radius 1 is 1.62 bits per heavy atom. The highest BCUT2D eigenvalue weighted by Crippen LogP contribution is 2.28. The van der Waals surface area contributed by atoms with E-state index < -0.39 is 11.2 Å². The van der Waals surface area contributed by atoms with Gasteiger partial charge in [-0.05, 0) is 25.1 Å². The van der Waals surface area contributed by atoms with Gasteiger partial charge in [-0.15, -0.1) is 11.8 Å². The molecule has 0 amide bonds. The van der Waals surface area contributed by atoms with Gasteiger partial charge in [0.2, 0.25) is 0 Å². The van der Waals surface area contributed by atoms with Gasteiger partial charge in [0.05, 0.1) is 12.4 Å². The van der Waals surface area contributed by atoms with Crippen LogP contribution in [0.15, 0.2) is 22.7 Å². The lowest BCUT2D eigenvalue weighted by Crippen LogP contribution is -2.11. The monoisotopic (exact) mass is 304 g/mol. The van der Waals surface area contributed by atoms with Crippen molar-refractivity contribution in [2.45, 2.75) is 17.9 Å². The molecular weight excluding hydrogens is 292 g/mol. The van der Waals surface area contributed by atoms with E-state index in [1.807, 2.05) is 18.2 Å². The number of carbonyl (C=O) groups is 1. The summed E-state index contributed by atoms with van der Waals surface area (Å²) >= 11 is 4.76. The second-order valence-electron chi connectivity index (χ2n) is 3.25. The predicted molar refractivity (Wildman–Crippen MR) is 69.1 cm³/mol. The molecule has 1 aromatic rings. The minimum absolute atomic E-state index is 0.413. The fourth-order valence-corrected chi connectivity index (χ4v) is 2.35. The minimum atomic E-state index is -0.793. The van der Waals surface area contributed by atoms with Crippen LogP contribution in [-0.4, -0.2) is 23.4 Å². The van der Waals surface area contributed by atoms with E-state index in [9.17, 15) is 4.79 Å². The molecule has 0 radical (unpaired) electrons. The Labute approximate surface area is 107 Å². The van der Waals surface area contributed by atoms with Gasteiger partial charge in [-0.25, -0.2) is 0 Å². The maximum Gasteiger partial charge on any atom is 0.316 e. The number of hydrogen-bond acceptors (Lipinski definition) is 3. The van der Waals surface area contributed by atoms with Crippen LogP contribution < -0.4 is 4.74 Å². The SMILES string of the molecule is COc1ccc(Br)cc1CSC(C)C(=O)O. The molecule has 88 valence electrons. The fraction of sp³-hybridized carbons (Fsp3) is 0.364. The van der Waals surface area contributed by atoms with Crippen molar-refractivity contribution in [1.29, 1.82) is 0 Å². The van der Waals surface area contributed by atoms with Crippen molar-refractivity contribution in [2.75, 3.05) is 7.11 Å². The number of thioether (sulfide) groups is 1. The number of rotatable bonds is 5. The highest BCUT2D eigenvalue weighted by atomic mass is 79.9. The van der Waals surface area contributed by atoms with Gasteiger partial charge in [0.25, 0.3) is 0 Å². The van der Waals surface area contributed by atoms with Crippen LogP contribution in [0.2, 0.25) is 0 Å². The van der Waals surface area contributed by atoms with Crippen molar-refractivity contribution < 1.29 is 14.6 Å². The smallest absolute Gasteiger partial charge is 0.316 e. The molecule has 0 aliphatic rings. The van der Waals surface area contributed by atoms with Gasteiger partial charge in [-0.2, -0.15) is 0 Å². The molecule has 0 heterocycles. The van der Waals surface area contributed by atoms with Crippen LogP contribution in [-0.2, 0) is 10.5 Å². The largest absolute Gasteiger partial charge is 0.496 e. The summed E-state index contributed by atoms with van der Waals surface area (Å²) in [5.74, 6) is 0.614. The average molecular weight is 305 g/mol. The molecule has 0 aromatic heterocycles. The second kappa shape index (κ2) is 6.15. The third kappa shape index (κ3) is 3.72. The topological polar surface area (TPSA) is 46.5 Å². The standard InChI is InChI=1S/C11H13BrO3S/c1-7(11(13)14)16-6-8-5-9(12)3-4-10(8)15-2/h3-5,7H,6H2,1-2H3,(H,13,14). The summed E-state index contributed by atoms with van der Waals surface area (Å²) in [6.07, 6.45) is 0. The third-order valence-corrected chi connectivity index (χ3v) is 3.75. The molecule has 1 atom stereocenters. The first-order valence-corrected chi connectivity index (χ1v) is 6.55. The van der Waals surface area contributed by atoms with Crippen LogP contribution in [0.4, 0.5) is 0 Å². The van der Waals surface area contributed by atoms with Gasteiger partial charge in [0.15, 0.2) is 0 Å². The molecule has 1 aromatic carbocycles. The number of carboxylic acid groups (broad SMARTS) is 1. The average Bonchev–Trinajstić information content (AvgIpc) is 2.25. The summed E-state index contributed by atoms with van der Waals surface area (Å²) in [5, 5.41) is 8.37. The lowest BCUT2D eigenvalue weighted by atomic mass is 10.2. The van der Waals surface area contributed by atoms with Gasteiger partial charge in [-0.3, -0.25) is 4.79 Å². The van der Waals surface area contributed by atoms with Gasteiger partial charge < -0.3 is 9.84 Å². The van der Waals surface area contributed by atoms with Crippen LogP contribution in [0.3, 0.4) is 0 Å². The number of aliphatic carboxylic acids is 1. The van der Waals surface area contributed by atoms with Gasteiger partial charge >= 0.3 is 5.97 Å². The second-order valence-corrected chi connectivity index (χ2v) is 5.49. The van der Waals surface area contributed by atoms with Gasteiger partial charge in [0, 0.05) is 15.8 Å². The van der Waals surface area contributed by atoms with Gasteiger partial charge in [0.1, 0.15) is 5.75 Å². The van der Waals surface area contributed by atoms with E-state index in [1.54, 1.807) is 14.0 Å². The Kier molecular flexibility index (Phi) is 5.15. The predicted octanol–water partition coefficient (Wildman–Crippen LogP) is 3.16. The molecule has 0 saturated heterocycles. The summed E-state index contributed by atoms with van der Waals surface area (Å²) in [4.78, 5) is 10.7. The molecule has 5 heteroatoms. The van der Waals surface area contributed by atoms with Crippen LogP contribution in [0.5, 0.6) is 5.75 Å². The van der Waals surface area contributed by atoms with E-state index in [4.69, 9.17) is 9.84 Å². The molecule has 1 N–H and O–H groups in total.